The quantitative estimate of drug-likeness (QED) is 0.563. The average molecular weight is 370 g/mol. The molecule has 2 rings (SSSR count). The van der Waals surface area contributed by atoms with Crippen LogP contribution in [-0.2, 0) is 14.0 Å². The van der Waals surface area contributed by atoms with Crippen molar-refractivity contribution in [2.24, 2.45) is 0 Å². The Morgan fingerprint density at radius 2 is 1.87 bits per heavy atom. The summed E-state index contributed by atoms with van der Waals surface area (Å²) in [6, 6.07) is 5.64. The minimum atomic E-state index is -5.28. The van der Waals surface area contributed by atoms with Gasteiger partial charge < -0.3 is 0 Å². The predicted octanol–water partition coefficient (Wildman–Crippen LogP) is 5.04. The smallest absolute Gasteiger partial charge is 0.263 e. The van der Waals surface area contributed by atoms with Crippen LogP contribution in [-0.4, -0.2) is 18.5 Å². The van der Waals surface area contributed by atoms with Gasteiger partial charge in [0.1, 0.15) is 0 Å². The lowest BCUT2D eigenvalue weighted by Gasteiger charge is -2.38. The van der Waals surface area contributed by atoms with Crippen LogP contribution >= 0.6 is 10.3 Å². The van der Waals surface area contributed by atoms with E-state index in [1.165, 1.54) is 24.3 Å². The highest BCUT2D eigenvalue weighted by molar-refractivity contribution is 8.36. The number of rotatable bonds is 6. The maximum Gasteiger partial charge on any atom is 0.456 e. The Balaban J connectivity index is 2.60. The number of benzene rings is 1. The van der Waals surface area contributed by atoms with Crippen molar-refractivity contribution < 1.29 is 29.8 Å². The van der Waals surface area contributed by atoms with Crippen LogP contribution in [0.25, 0.3) is 6.08 Å². The Morgan fingerprint density at radius 3 is 2.43 bits per heavy atom. The van der Waals surface area contributed by atoms with Crippen molar-refractivity contribution in [3.05, 3.63) is 34.7 Å². The third-order valence-electron chi connectivity index (χ3n) is 3.46. The molecule has 0 fully saturated rings. The summed E-state index contributed by atoms with van der Waals surface area (Å²) in [5, 5.41) is 0. The van der Waals surface area contributed by atoms with E-state index in [1.54, 1.807) is 6.07 Å². The Labute approximate surface area is 134 Å². The van der Waals surface area contributed by atoms with Crippen LogP contribution in [0.1, 0.15) is 38.2 Å². The third-order valence-corrected chi connectivity index (χ3v) is 7.66. The first-order valence-electron chi connectivity index (χ1n) is 6.99. The first-order chi connectivity index (χ1) is 10.6. The number of hydrogen-bond acceptors (Lipinski definition) is 3. The molecule has 0 radical (unpaired) electrons. The molecule has 9 heteroatoms. The fourth-order valence-electron chi connectivity index (χ4n) is 2.55. The fourth-order valence-corrected chi connectivity index (χ4v) is 6.81. The number of halogens is 3. The Kier molecular flexibility index (Phi) is 5.15. The largest absolute Gasteiger partial charge is 0.456 e. The van der Waals surface area contributed by atoms with Gasteiger partial charge in [-0.05, 0) is 30.5 Å². The van der Waals surface area contributed by atoms with E-state index in [0.717, 1.165) is 6.42 Å². The van der Waals surface area contributed by atoms with Crippen LogP contribution in [0.15, 0.2) is 34.1 Å². The zero-order valence-corrected chi connectivity index (χ0v) is 14.0. The van der Waals surface area contributed by atoms with Crippen LogP contribution in [0.4, 0.5) is 13.2 Å². The molecule has 0 bridgehead atoms. The van der Waals surface area contributed by atoms with Gasteiger partial charge >= 0.3 is 15.9 Å². The molecule has 0 saturated carbocycles. The molecule has 1 aromatic rings. The Hall–Kier alpha value is -1.03. The van der Waals surface area contributed by atoms with Gasteiger partial charge in [-0.25, -0.2) is 0 Å². The van der Waals surface area contributed by atoms with Crippen molar-refractivity contribution in [2.45, 2.75) is 43.0 Å². The summed E-state index contributed by atoms with van der Waals surface area (Å²) in [6.45, 7) is 1.91. The van der Waals surface area contributed by atoms with Crippen LogP contribution < -0.4 is 0 Å². The number of unbranched alkanes of at least 4 members (excludes halogenated alkanes) is 2. The molecule has 1 N–H and O–H groups in total. The lowest BCUT2D eigenvalue weighted by molar-refractivity contribution is -0.0432. The molecule has 0 amide bonds. The molecule has 1 aliphatic rings. The third kappa shape index (κ3) is 3.57. The number of fused-ring (bicyclic) bond motifs is 1. The van der Waals surface area contributed by atoms with E-state index in [-0.39, 0.29) is 21.8 Å². The van der Waals surface area contributed by atoms with Crippen LogP contribution in [0, 0.1) is 0 Å². The van der Waals surface area contributed by atoms with Gasteiger partial charge in [-0.3, -0.25) is 4.55 Å². The Bertz CT molecular complexity index is 713. The van der Waals surface area contributed by atoms with Gasteiger partial charge in [0.2, 0.25) is 0 Å². The van der Waals surface area contributed by atoms with Crippen LogP contribution in [0.2, 0.25) is 0 Å². The minimum Gasteiger partial charge on any atom is -0.263 e. The van der Waals surface area contributed by atoms with E-state index in [1.807, 2.05) is 6.92 Å². The molecule has 0 saturated heterocycles. The summed E-state index contributed by atoms with van der Waals surface area (Å²) in [5.41, 5.74) is -4.68. The van der Waals surface area contributed by atoms with Gasteiger partial charge in [-0.15, -0.1) is 0 Å². The van der Waals surface area contributed by atoms with E-state index in [2.05, 4.69) is 3.63 Å². The molecule has 4 nitrogen and oxygen atoms in total. The lowest BCUT2D eigenvalue weighted by Crippen LogP contribution is -2.26. The van der Waals surface area contributed by atoms with E-state index in [4.69, 9.17) is 4.55 Å². The molecule has 130 valence electrons. The number of allylic oxidation sites excluding steroid dienone is 1. The molecule has 23 heavy (non-hydrogen) atoms. The predicted molar refractivity (Wildman–Crippen MR) is 83.1 cm³/mol. The maximum absolute atomic E-state index is 13.9. The lowest BCUT2D eigenvalue weighted by atomic mass is 10.1. The zero-order chi connectivity index (χ0) is 17.3. The number of hydrogen-bond donors (Lipinski definition) is 1. The summed E-state index contributed by atoms with van der Waals surface area (Å²) < 4.78 is 77.2. The van der Waals surface area contributed by atoms with Crippen molar-refractivity contribution in [1.82, 2.24) is 0 Å². The van der Waals surface area contributed by atoms with Crippen LogP contribution in [0.5, 0.6) is 0 Å². The highest BCUT2D eigenvalue weighted by Gasteiger charge is 2.60. The Morgan fingerprint density at radius 1 is 1.22 bits per heavy atom. The van der Waals surface area contributed by atoms with Crippen molar-refractivity contribution in [3.8, 4) is 0 Å². The second-order valence-corrected chi connectivity index (χ2v) is 9.04. The van der Waals surface area contributed by atoms with Crippen LogP contribution in [0.3, 0.4) is 0 Å². The SMILES string of the molecule is CCCCCC1=Cc2ccccc2S1(OS(=O)(=O)O)C(F)(F)F. The normalized spacial score (nSPS) is 24.0. The first-order valence-corrected chi connectivity index (χ1v) is 9.92. The average Bonchev–Trinajstić information content (AvgIpc) is 2.72. The highest BCUT2D eigenvalue weighted by Crippen LogP contribution is 2.78. The fraction of sp³-hybridized carbons (Fsp3) is 0.429. The van der Waals surface area contributed by atoms with Gasteiger partial charge in [0.25, 0.3) is 0 Å². The standard InChI is InChI=1S/C14H17F3O4S2/c1-2-3-4-8-12-10-11-7-5-6-9-13(11)22(12,14(15,16)17)21-23(18,19)20/h5-7,9-10H,2-4,8H2,1H3,(H,18,19,20). The molecule has 1 aliphatic heterocycles. The second-order valence-electron chi connectivity index (χ2n) is 5.10. The summed E-state index contributed by atoms with van der Waals surface area (Å²) in [4.78, 5) is -0.367. The van der Waals surface area contributed by atoms with Crippen molar-refractivity contribution >= 4 is 26.8 Å². The number of alkyl halides is 3. The van der Waals surface area contributed by atoms with Gasteiger partial charge in [0, 0.05) is 20.1 Å². The monoisotopic (exact) mass is 370 g/mol. The summed E-state index contributed by atoms with van der Waals surface area (Å²) in [6.07, 6.45) is 3.41. The maximum atomic E-state index is 13.9. The van der Waals surface area contributed by atoms with Crippen molar-refractivity contribution in [3.63, 3.8) is 0 Å². The van der Waals surface area contributed by atoms with E-state index < -0.39 is 26.2 Å². The molecular weight excluding hydrogens is 353 g/mol. The van der Waals surface area contributed by atoms with Crippen molar-refractivity contribution in [2.75, 3.05) is 0 Å². The summed E-state index contributed by atoms with van der Waals surface area (Å²) >= 11 is 0. The first kappa shape index (κ1) is 18.3. The molecule has 1 unspecified atom stereocenters. The van der Waals surface area contributed by atoms with Gasteiger partial charge in [0.15, 0.2) is 0 Å². The van der Waals surface area contributed by atoms with Crippen molar-refractivity contribution in [1.29, 1.82) is 0 Å². The summed E-state index contributed by atoms with van der Waals surface area (Å²) in [5.74, 6) is 0. The molecule has 1 heterocycles. The van der Waals surface area contributed by atoms with Gasteiger partial charge in [-0.1, -0.05) is 38.0 Å². The highest BCUT2D eigenvalue weighted by atomic mass is 32.3. The molecule has 1 aromatic carbocycles. The van der Waals surface area contributed by atoms with Gasteiger partial charge in [0.05, 0.1) is 0 Å². The van der Waals surface area contributed by atoms with Gasteiger partial charge in [-0.2, -0.15) is 25.2 Å². The molecule has 1 atom stereocenters. The summed E-state index contributed by atoms with van der Waals surface area (Å²) in [7, 11) is -9.57. The molecule has 0 spiro atoms. The van der Waals surface area contributed by atoms with E-state index in [0.29, 0.717) is 12.8 Å². The molecule has 0 aliphatic carbocycles. The topological polar surface area (TPSA) is 63.6 Å². The second kappa shape index (κ2) is 6.46. The van der Waals surface area contributed by atoms with E-state index in [9.17, 15) is 21.6 Å². The van der Waals surface area contributed by atoms with E-state index >= 15 is 0 Å². The zero-order valence-electron chi connectivity index (χ0n) is 12.3. The molecular formula is C14H17F3O4S2. The minimum absolute atomic E-state index is 0.0624. The molecule has 0 aromatic heterocycles.